The van der Waals surface area contributed by atoms with Crippen molar-refractivity contribution in [3.05, 3.63) is 98.6 Å². The maximum absolute atomic E-state index is 13.9. The summed E-state index contributed by atoms with van der Waals surface area (Å²) in [4.78, 5) is 42.6. The molecule has 31 heavy (non-hydrogen) atoms. The normalized spacial score (nSPS) is 27.7. The van der Waals surface area contributed by atoms with Gasteiger partial charge in [0.05, 0.1) is 22.9 Å². The summed E-state index contributed by atoms with van der Waals surface area (Å²) in [6.07, 6.45) is 0. The van der Waals surface area contributed by atoms with Crippen LogP contribution in [0.3, 0.4) is 0 Å². The third-order valence-corrected chi connectivity index (χ3v) is 7.91. The molecule has 4 aliphatic rings. The Morgan fingerprint density at radius 3 is 2.06 bits per heavy atom. The molecule has 1 heterocycles. The number of carbonyl (C=O) groups is 3. The minimum atomic E-state index is -1.14. The molecule has 0 spiro atoms. The number of Topliss-reactive ketones (excluding diaryl/α,β-unsaturated/α-hetero) is 1. The monoisotopic (exact) mass is 519 g/mol. The fraction of sp³-hybridized carbons (Fsp3) is 0.192. The first-order chi connectivity index (χ1) is 15.0. The Morgan fingerprint density at radius 2 is 1.48 bits per heavy atom. The van der Waals surface area contributed by atoms with Gasteiger partial charge in [0.15, 0.2) is 0 Å². The van der Waals surface area contributed by atoms with Crippen molar-refractivity contribution >= 4 is 45.9 Å². The van der Waals surface area contributed by atoms with E-state index in [9.17, 15) is 14.4 Å². The lowest BCUT2D eigenvalue weighted by Gasteiger charge is -2.52. The van der Waals surface area contributed by atoms with Gasteiger partial charge in [-0.15, -0.1) is 0 Å². The summed E-state index contributed by atoms with van der Waals surface area (Å²) in [7, 11) is 0. The van der Waals surface area contributed by atoms with Crippen LogP contribution in [0.4, 0.5) is 5.69 Å². The van der Waals surface area contributed by atoms with Crippen LogP contribution in [0.1, 0.15) is 35.1 Å². The van der Waals surface area contributed by atoms with E-state index in [-0.39, 0.29) is 23.5 Å². The summed E-state index contributed by atoms with van der Waals surface area (Å²) in [5.74, 6) is -2.13. The molecule has 3 aliphatic carbocycles. The molecule has 3 aromatic carbocycles. The summed E-state index contributed by atoms with van der Waals surface area (Å²) in [6.45, 7) is 1.56. The number of benzene rings is 3. The Bertz CT molecular complexity index is 1270. The van der Waals surface area contributed by atoms with Crippen LogP contribution in [-0.2, 0) is 19.8 Å². The molecule has 2 amide bonds. The number of nitrogens with zero attached hydrogens (tertiary/aromatic N) is 1. The van der Waals surface area contributed by atoms with Crippen LogP contribution in [0.2, 0.25) is 0 Å². The topological polar surface area (TPSA) is 54.5 Å². The van der Waals surface area contributed by atoms with Crippen molar-refractivity contribution in [1.29, 1.82) is 0 Å². The second-order valence-electron chi connectivity index (χ2n) is 8.51. The van der Waals surface area contributed by atoms with E-state index in [2.05, 4.69) is 22.6 Å². The van der Waals surface area contributed by atoms with Crippen LogP contribution in [0, 0.1) is 15.4 Å². The van der Waals surface area contributed by atoms with Crippen molar-refractivity contribution in [2.24, 2.45) is 11.8 Å². The highest BCUT2D eigenvalue weighted by Gasteiger charge is 2.69. The summed E-state index contributed by atoms with van der Waals surface area (Å²) in [6, 6.07) is 23.1. The average Bonchev–Trinajstić information content (AvgIpc) is 3.04. The van der Waals surface area contributed by atoms with E-state index in [1.807, 2.05) is 66.7 Å². The number of anilines is 1. The lowest BCUT2D eigenvalue weighted by atomic mass is 9.46. The molecule has 0 unspecified atom stereocenters. The van der Waals surface area contributed by atoms with E-state index in [1.54, 1.807) is 13.0 Å². The molecule has 152 valence electrons. The Balaban J connectivity index is 1.68. The smallest absolute Gasteiger partial charge is 0.239 e. The molecule has 0 radical (unpaired) electrons. The van der Waals surface area contributed by atoms with Gasteiger partial charge in [0.1, 0.15) is 5.78 Å². The molecule has 3 aromatic rings. The first-order valence-electron chi connectivity index (χ1n) is 10.3. The first-order valence-corrected chi connectivity index (χ1v) is 11.4. The number of halogens is 1. The van der Waals surface area contributed by atoms with E-state index >= 15 is 0 Å². The third-order valence-electron chi connectivity index (χ3n) is 7.24. The Morgan fingerprint density at radius 1 is 0.871 bits per heavy atom. The fourth-order valence-corrected chi connectivity index (χ4v) is 6.77. The van der Waals surface area contributed by atoms with Crippen molar-refractivity contribution in [2.75, 3.05) is 4.90 Å². The highest BCUT2D eigenvalue weighted by atomic mass is 127. The molecular formula is C26H18INO3. The molecular weight excluding hydrogens is 501 g/mol. The van der Waals surface area contributed by atoms with Crippen molar-refractivity contribution in [2.45, 2.75) is 18.3 Å². The van der Waals surface area contributed by atoms with E-state index < -0.39 is 17.3 Å². The standard InChI is InChI=1S/C26H18INO3/c1-14(29)26-19-11-4-2-9-17(19)21(18-10-3-5-12-20(18)26)22-23(26)25(31)28(24(22)30)16-8-6-7-15(27)13-16/h2-13,21-23H,1H3/t21?,22-,23+,26?/m0/s1. The van der Waals surface area contributed by atoms with E-state index in [0.29, 0.717) is 5.69 Å². The maximum atomic E-state index is 13.9. The van der Waals surface area contributed by atoms with Gasteiger partial charge in [-0.2, -0.15) is 0 Å². The van der Waals surface area contributed by atoms with Crippen LogP contribution in [0.5, 0.6) is 0 Å². The quantitative estimate of drug-likeness (QED) is 0.372. The average molecular weight is 519 g/mol. The van der Waals surface area contributed by atoms with Crippen molar-refractivity contribution in [3.63, 3.8) is 0 Å². The highest BCUT2D eigenvalue weighted by molar-refractivity contribution is 14.1. The molecule has 7 rings (SSSR count). The lowest BCUT2D eigenvalue weighted by Crippen LogP contribution is -2.57. The van der Waals surface area contributed by atoms with Gasteiger partial charge in [0, 0.05) is 9.49 Å². The highest BCUT2D eigenvalue weighted by Crippen LogP contribution is 2.64. The Hall–Kier alpha value is -2.80. The number of ketones is 1. The predicted molar refractivity (Wildman–Crippen MR) is 125 cm³/mol. The van der Waals surface area contributed by atoms with Gasteiger partial charge in [0.25, 0.3) is 0 Å². The van der Waals surface area contributed by atoms with Gasteiger partial charge in [0.2, 0.25) is 11.8 Å². The molecule has 0 aromatic heterocycles. The van der Waals surface area contributed by atoms with Gasteiger partial charge in [-0.05, 0) is 70.0 Å². The van der Waals surface area contributed by atoms with E-state index in [1.165, 1.54) is 4.90 Å². The summed E-state index contributed by atoms with van der Waals surface area (Å²) < 4.78 is 0.946. The van der Waals surface area contributed by atoms with Crippen LogP contribution in [0.25, 0.3) is 0 Å². The molecule has 1 fully saturated rings. The van der Waals surface area contributed by atoms with Gasteiger partial charge in [-0.1, -0.05) is 54.6 Å². The predicted octanol–water partition coefficient (Wildman–Crippen LogP) is 4.43. The van der Waals surface area contributed by atoms with Gasteiger partial charge in [-0.25, -0.2) is 4.90 Å². The second kappa shape index (κ2) is 6.36. The Labute approximate surface area is 193 Å². The zero-order chi connectivity index (χ0) is 21.5. The van der Waals surface area contributed by atoms with Crippen LogP contribution < -0.4 is 4.90 Å². The van der Waals surface area contributed by atoms with Crippen molar-refractivity contribution in [1.82, 2.24) is 0 Å². The van der Waals surface area contributed by atoms with Crippen molar-refractivity contribution in [3.8, 4) is 0 Å². The second-order valence-corrected chi connectivity index (χ2v) is 9.76. The number of amides is 2. The Kier molecular flexibility index (Phi) is 3.88. The lowest BCUT2D eigenvalue weighted by molar-refractivity contribution is -0.132. The number of carbonyl (C=O) groups excluding carboxylic acids is 3. The van der Waals surface area contributed by atoms with E-state index in [0.717, 1.165) is 25.8 Å². The minimum absolute atomic E-state index is 0.0915. The zero-order valence-corrected chi connectivity index (χ0v) is 18.9. The SMILES string of the molecule is CC(=O)C12c3ccccc3C(c3ccccc31)[C@@H]1C(=O)N(c3cccc(I)c3)C(=O)[C@@H]12. The number of hydrogen-bond donors (Lipinski definition) is 0. The van der Waals surface area contributed by atoms with Crippen LogP contribution >= 0.6 is 22.6 Å². The van der Waals surface area contributed by atoms with Crippen molar-refractivity contribution < 1.29 is 14.4 Å². The first kappa shape index (κ1) is 18.9. The molecule has 0 N–H and O–H groups in total. The number of imide groups is 1. The zero-order valence-electron chi connectivity index (χ0n) is 16.7. The minimum Gasteiger partial charge on any atom is -0.299 e. The third kappa shape index (κ3) is 2.17. The maximum Gasteiger partial charge on any atom is 0.239 e. The molecule has 2 atom stereocenters. The summed E-state index contributed by atoms with van der Waals surface area (Å²) in [5, 5.41) is 0. The molecule has 1 aliphatic heterocycles. The van der Waals surface area contributed by atoms with Gasteiger partial charge >= 0.3 is 0 Å². The molecule has 0 saturated carbocycles. The summed E-state index contributed by atoms with van der Waals surface area (Å²) in [5.41, 5.74) is 3.15. The molecule has 5 heteroatoms. The molecule has 2 bridgehead atoms. The fourth-order valence-electron chi connectivity index (χ4n) is 6.24. The number of rotatable bonds is 2. The molecule has 4 nitrogen and oxygen atoms in total. The largest absolute Gasteiger partial charge is 0.299 e. The van der Waals surface area contributed by atoms with Gasteiger partial charge in [-0.3, -0.25) is 14.4 Å². The van der Waals surface area contributed by atoms with E-state index in [4.69, 9.17) is 0 Å². The van der Waals surface area contributed by atoms with Gasteiger partial charge < -0.3 is 0 Å². The number of hydrogen-bond acceptors (Lipinski definition) is 3. The summed E-state index contributed by atoms with van der Waals surface area (Å²) >= 11 is 2.18. The van der Waals surface area contributed by atoms with Crippen LogP contribution in [0.15, 0.2) is 72.8 Å². The molecule has 1 saturated heterocycles. The van der Waals surface area contributed by atoms with Crippen LogP contribution in [-0.4, -0.2) is 17.6 Å².